The van der Waals surface area contributed by atoms with E-state index in [-0.39, 0.29) is 23.7 Å². The van der Waals surface area contributed by atoms with Gasteiger partial charge in [0.1, 0.15) is 11.9 Å². The summed E-state index contributed by atoms with van der Waals surface area (Å²) in [5.41, 5.74) is 3.19. The minimum atomic E-state index is -0.535. The van der Waals surface area contributed by atoms with Crippen LogP contribution in [0.4, 0.5) is 4.39 Å². The van der Waals surface area contributed by atoms with Gasteiger partial charge in [-0.15, -0.1) is 11.8 Å². The average molecular weight is 457 g/mol. The van der Waals surface area contributed by atoms with E-state index in [1.165, 1.54) is 23.3 Å². The molecule has 6 heteroatoms. The van der Waals surface area contributed by atoms with Crippen LogP contribution in [0, 0.1) is 12.7 Å². The van der Waals surface area contributed by atoms with Gasteiger partial charge < -0.3 is 10.2 Å². The molecule has 0 unspecified atom stereocenters. The fourth-order valence-corrected chi connectivity index (χ4v) is 5.07. The Bertz CT molecular complexity index is 897. The number of nitrogens with one attached hydrogen (secondary N) is 1. The fraction of sp³-hybridized carbons (Fsp3) is 0.462. The third-order valence-corrected chi connectivity index (χ3v) is 6.92. The predicted molar refractivity (Wildman–Crippen MR) is 129 cm³/mol. The van der Waals surface area contributed by atoms with E-state index < -0.39 is 6.04 Å². The van der Waals surface area contributed by atoms with Crippen LogP contribution < -0.4 is 5.32 Å². The van der Waals surface area contributed by atoms with Crippen LogP contribution in [0.25, 0.3) is 0 Å². The van der Waals surface area contributed by atoms with Crippen molar-refractivity contribution in [1.82, 2.24) is 10.2 Å². The second-order valence-corrected chi connectivity index (χ2v) is 9.53. The molecular formula is C26H33FN2O2S. The van der Waals surface area contributed by atoms with E-state index >= 15 is 0 Å². The minimum Gasteiger partial charge on any atom is -0.352 e. The van der Waals surface area contributed by atoms with Crippen molar-refractivity contribution in [3.8, 4) is 0 Å². The van der Waals surface area contributed by atoms with Gasteiger partial charge in [-0.05, 0) is 49.4 Å². The fourth-order valence-electron chi connectivity index (χ4n) is 4.21. The summed E-state index contributed by atoms with van der Waals surface area (Å²) < 4.78 is 13.4. The summed E-state index contributed by atoms with van der Waals surface area (Å²) in [5, 5.41) is 3.15. The van der Waals surface area contributed by atoms with Crippen LogP contribution in [0.15, 0.2) is 48.5 Å². The maximum atomic E-state index is 13.4. The molecule has 2 amide bonds. The summed E-state index contributed by atoms with van der Waals surface area (Å²) in [5.74, 6) is 0.566. The number of amides is 2. The van der Waals surface area contributed by atoms with Crippen LogP contribution in [0.3, 0.4) is 0 Å². The highest BCUT2D eigenvalue weighted by Gasteiger charge is 2.30. The van der Waals surface area contributed by atoms with Crippen molar-refractivity contribution in [2.24, 2.45) is 0 Å². The number of hydrogen-bond acceptors (Lipinski definition) is 3. The number of thioether (sulfide) groups is 1. The Labute approximate surface area is 195 Å². The van der Waals surface area contributed by atoms with Crippen molar-refractivity contribution in [3.05, 3.63) is 71.0 Å². The number of aryl methyl sites for hydroxylation is 1. The van der Waals surface area contributed by atoms with Crippen molar-refractivity contribution in [2.45, 2.75) is 70.3 Å². The van der Waals surface area contributed by atoms with Crippen LogP contribution in [0.2, 0.25) is 0 Å². The molecule has 0 heterocycles. The topological polar surface area (TPSA) is 49.4 Å². The Morgan fingerprint density at radius 2 is 1.84 bits per heavy atom. The number of hydrogen-bond donors (Lipinski definition) is 1. The molecule has 0 aliphatic heterocycles. The van der Waals surface area contributed by atoms with Gasteiger partial charge in [-0.25, -0.2) is 4.39 Å². The molecule has 1 saturated carbocycles. The lowest BCUT2D eigenvalue weighted by Crippen LogP contribution is -2.51. The summed E-state index contributed by atoms with van der Waals surface area (Å²) in [6.45, 7) is 4.28. The standard InChI is InChI=1S/C26H33FN2O2S/c1-3-24(26(31)28-23-9-4-5-10-23)29(16-20-11-13-22(27)14-12-20)25(30)18-32-17-21-8-6-7-19(2)15-21/h6-8,11-15,23-24H,3-5,9-10,16-18H2,1-2H3,(H,28,31)/t24-/m1/s1. The molecule has 1 atom stereocenters. The second kappa shape index (κ2) is 12.0. The van der Waals surface area contributed by atoms with Gasteiger partial charge in [-0.1, -0.05) is 61.7 Å². The van der Waals surface area contributed by atoms with E-state index in [0.29, 0.717) is 18.7 Å². The molecule has 0 radical (unpaired) electrons. The van der Waals surface area contributed by atoms with Crippen LogP contribution in [-0.2, 0) is 21.9 Å². The van der Waals surface area contributed by atoms with Crippen LogP contribution in [0.5, 0.6) is 0 Å². The van der Waals surface area contributed by atoms with Gasteiger partial charge in [-0.2, -0.15) is 0 Å². The van der Waals surface area contributed by atoms with Gasteiger partial charge in [0.05, 0.1) is 5.75 Å². The van der Waals surface area contributed by atoms with Crippen molar-refractivity contribution in [3.63, 3.8) is 0 Å². The molecule has 2 aromatic rings. The van der Waals surface area contributed by atoms with Gasteiger partial charge in [0.25, 0.3) is 0 Å². The number of carbonyl (C=O) groups is 2. The number of carbonyl (C=O) groups excluding carboxylic acids is 2. The molecule has 1 aliphatic rings. The lowest BCUT2D eigenvalue weighted by Gasteiger charge is -2.31. The zero-order valence-corrected chi connectivity index (χ0v) is 19.8. The van der Waals surface area contributed by atoms with Crippen LogP contribution in [0.1, 0.15) is 55.7 Å². The van der Waals surface area contributed by atoms with E-state index in [1.807, 2.05) is 13.0 Å². The lowest BCUT2D eigenvalue weighted by atomic mass is 10.1. The van der Waals surface area contributed by atoms with Gasteiger partial charge in [-0.3, -0.25) is 9.59 Å². The summed E-state index contributed by atoms with van der Waals surface area (Å²) in [7, 11) is 0. The Kier molecular flexibility index (Phi) is 9.15. The highest BCUT2D eigenvalue weighted by molar-refractivity contribution is 7.99. The van der Waals surface area contributed by atoms with Crippen molar-refractivity contribution < 1.29 is 14.0 Å². The maximum absolute atomic E-state index is 13.4. The first-order chi connectivity index (χ1) is 15.5. The van der Waals surface area contributed by atoms with E-state index in [0.717, 1.165) is 37.0 Å². The molecule has 1 N–H and O–H groups in total. The molecule has 1 fully saturated rings. The first-order valence-electron chi connectivity index (χ1n) is 11.4. The third kappa shape index (κ3) is 7.09. The van der Waals surface area contributed by atoms with Gasteiger partial charge >= 0.3 is 0 Å². The van der Waals surface area contributed by atoms with Crippen molar-refractivity contribution >= 4 is 23.6 Å². The van der Waals surface area contributed by atoms with Crippen LogP contribution in [-0.4, -0.2) is 34.6 Å². The average Bonchev–Trinajstić information content (AvgIpc) is 3.28. The molecule has 0 spiro atoms. The Morgan fingerprint density at radius 1 is 1.12 bits per heavy atom. The SMILES string of the molecule is CC[C@H](C(=O)NC1CCCC1)N(Cc1ccc(F)cc1)C(=O)CSCc1cccc(C)c1. The van der Waals surface area contributed by atoms with E-state index in [9.17, 15) is 14.0 Å². The van der Waals surface area contributed by atoms with Gasteiger partial charge in [0, 0.05) is 18.3 Å². The van der Waals surface area contributed by atoms with Crippen molar-refractivity contribution in [2.75, 3.05) is 5.75 Å². The van der Waals surface area contributed by atoms with Gasteiger partial charge in [0.2, 0.25) is 11.8 Å². The molecule has 0 bridgehead atoms. The molecule has 4 nitrogen and oxygen atoms in total. The zero-order chi connectivity index (χ0) is 22.9. The molecule has 0 saturated heterocycles. The quantitative estimate of drug-likeness (QED) is 0.532. The maximum Gasteiger partial charge on any atom is 0.243 e. The molecule has 2 aromatic carbocycles. The van der Waals surface area contributed by atoms with Gasteiger partial charge in [0.15, 0.2) is 0 Å². The zero-order valence-electron chi connectivity index (χ0n) is 19.0. The Hall–Kier alpha value is -2.34. The third-order valence-electron chi connectivity index (χ3n) is 5.93. The highest BCUT2D eigenvalue weighted by atomic mass is 32.2. The van der Waals surface area contributed by atoms with Crippen molar-refractivity contribution in [1.29, 1.82) is 0 Å². The monoisotopic (exact) mass is 456 g/mol. The van der Waals surface area contributed by atoms with E-state index in [2.05, 4.69) is 30.4 Å². The smallest absolute Gasteiger partial charge is 0.243 e. The minimum absolute atomic E-state index is 0.0691. The normalized spacial score (nSPS) is 14.8. The van der Waals surface area contributed by atoms with Crippen LogP contribution >= 0.6 is 11.8 Å². The molecule has 0 aromatic heterocycles. The number of rotatable bonds is 10. The molecule has 32 heavy (non-hydrogen) atoms. The van der Waals surface area contributed by atoms with E-state index in [1.54, 1.807) is 28.8 Å². The summed E-state index contributed by atoms with van der Waals surface area (Å²) in [6, 6.07) is 14.1. The number of halogens is 1. The lowest BCUT2D eigenvalue weighted by molar-refractivity contribution is -0.139. The summed E-state index contributed by atoms with van der Waals surface area (Å²) in [6.07, 6.45) is 4.81. The first-order valence-corrected chi connectivity index (χ1v) is 12.6. The van der Waals surface area contributed by atoms with E-state index in [4.69, 9.17) is 0 Å². The summed E-state index contributed by atoms with van der Waals surface area (Å²) in [4.78, 5) is 28.0. The molecule has 1 aliphatic carbocycles. The summed E-state index contributed by atoms with van der Waals surface area (Å²) >= 11 is 1.55. The molecule has 3 rings (SSSR count). The second-order valence-electron chi connectivity index (χ2n) is 8.54. The predicted octanol–water partition coefficient (Wildman–Crippen LogP) is 5.23. The number of nitrogens with zero attached hydrogens (tertiary/aromatic N) is 1. The highest BCUT2D eigenvalue weighted by Crippen LogP contribution is 2.21. The largest absolute Gasteiger partial charge is 0.352 e. The number of benzene rings is 2. The first kappa shape index (κ1) is 24.3. The molecular weight excluding hydrogens is 423 g/mol. The Morgan fingerprint density at radius 3 is 2.50 bits per heavy atom. The Balaban J connectivity index is 1.69. The molecule has 172 valence electrons.